The molecule has 0 radical (unpaired) electrons. The molecule has 10 heteroatoms. The van der Waals surface area contributed by atoms with Crippen molar-refractivity contribution in [3.63, 3.8) is 0 Å². The third-order valence-electron chi connectivity index (χ3n) is 4.86. The van der Waals surface area contributed by atoms with Gasteiger partial charge in [0.25, 0.3) is 0 Å². The molecule has 2 aromatic heterocycles. The van der Waals surface area contributed by atoms with Gasteiger partial charge >= 0.3 is 6.09 Å². The van der Waals surface area contributed by atoms with Crippen molar-refractivity contribution in [3.05, 3.63) is 16.9 Å². The lowest BCUT2D eigenvalue weighted by molar-refractivity contribution is 0.0898. The number of rotatable bonds is 7. The number of nitrogens with zero attached hydrogens (tertiary/aromatic N) is 4. The number of anilines is 1. The predicted octanol–water partition coefficient (Wildman–Crippen LogP) is 4.06. The molecule has 3 rings (SSSR count). The second kappa shape index (κ2) is 8.79. The number of nitrogens with one attached hydrogen (secondary N) is 1. The van der Waals surface area contributed by atoms with E-state index in [0.717, 1.165) is 41.1 Å². The Morgan fingerprint density at radius 2 is 2.11 bits per heavy atom. The summed E-state index contributed by atoms with van der Waals surface area (Å²) in [7, 11) is -1.10. The minimum Gasteiger partial charge on any atom is -0.465 e. The minimum absolute atomic E-state index is 0.202. The van der Waals surface area contributed by atoms with Crippen LogP contribution in [-0.2, 0) is 11.5 Å². The fourth-order valence-electron chi connectivity index (χ4n) is 3.15. The van der Waals surface area contributed by atoms with E-state index >= 15 is 0 Å². The Kier molecular flexibility index (Phi) is 6.61. The Morgan fingerprint density at radius 3 is 2.75 bits per heavy atom. The van der Waals surface area contributed by atoms with Gasteiger partial charge in [0.1, 0.15) is 18.1 Å². The molecule has 1 saturated heterocycles. The molecule has 2 N–H and O–H groups in total. The van der Waals surface area contributed by atoms with Gasteiger partial charge < -0.3 is 24.6 Å². The molecule has 0 bridgehead atoms. The highest BCUT2D eigenvalue weighted by molar-refractivity contribution is 9.10. The van der Waals surface area contributed by atoms with Crippen molar-refractivity contribution in [2.24, 2.45) is 0 Å². The van der Waals surface area contributed by atoms with Crippen molar-refractivity contribution < 1.29 is 14.6 Å². The number of hydrogen-bond donors (Lipinski definition) is 2. The summed E-state index contributed by atoms with van der Waals surface area (Å²) in [4.78, 5) is 21.7. The molecule has 1 aliphatic heterocycles. The van der Waals surface area contributed by atoms with Gasteiger partial charge in [0.05, 0.1) is 10.7 Å². The molecule has 1 aliphatic rings. The molecule has 1 amide bonds. The Balaban J connectivity index is 1.61. The fraction of sp³-hybridized carbons (Fsp3) is 0.611. The number of carboxylic acid groups (broad SMARTS) is 1. The number of fused-ring (bicyclic) bond motifs is 1. The fourth-order valence-corrected chi connectivity index (χ4v) is 4.42. The van der Waals surface area contributed by atoms with Crippen LogP contribution in [0, 0.1) is 0 Å². The summed E-state index contributed by atoms with van der Waals surface area (Å²) in [6.07, 6.45) is 4.36. The quantitative estimate of drug-likeness (QED) is 0.468. The molecular formula is C18H28BrN5O3Si. The highest BCUT2D eigenvalue weighted by Gasteiger charge is 2.22. The lowest BCUT2D eigenvalue weighted by Crippen LogP contribution is -2.41. The van der Waals surface area contributed by atoms with Gasteiger partial charge in [-0.05, 0) is 34.8 Å². The summed E-state index contributed by atoms with van der Waals surface area (Å²) in [5, 5.41) is 12.4. The first-order valence-electron chi connectivity index (χ1n) is 9.56. The third-order valence-corrected chi connectivity index (χ3v) is 7.15. The second-order valence-electron chi connectivity index (χ2n) is 8.41. The van der Waals surface area contributed by atoms with Crippen LogP contribution in [-0.4, -0.2) is 64.4 Å². The van der Waals surface area contributed by atoms with Crippen LogP contribution in [0.15, 0.2) is 16.9 Å². The van der Waals surface area contributed by atoms with E-state index in [4.69, 9.17) is 14.8 Å². The number of hydrogen-bond acceptors (Lipinski definition) is 5. The van der Waals surface area contributed by atoms with Gasteiger partial charge in [0, 0.05) is 40.0 Å². The zero-order valence-electron chi connectivity index (χ0n) is 16.6. The Bertz CT molecular complexity index is 830. The lowest BCUT2D eigenvalue weighted by Gasteiger charge is -2.30. The SMILES string of the molecule is C[Si](C)(C)CCOCn1cc(Br)c2nc(NC3CCN(C(=O)O)CC3)cnc21. The number of halogens is 1. The van der Waals surface area contributed by atoms with Crippen LogP contribution >= 0.6 is 15.9 Å². The molecule has 3 heterocycles. The van der Waals surface area contributed by atoms with Crippen LogP contribution in [0.1, 0.15) is 12.8 Å². The highest BCUT2D eigenvalue weighted by atomic mass is 79.9. The number of ether oxygens (including phenoxy) is 1. The van der Waals surface area contributed by atoms with Gasteiger partial charge in [-0.2, -0.15) is 0 Å². The van der Waals surface area contributed by atoms with E-state index in [0.29, 0.717) is 25.6 Å². The number of aromatic nitrogens is 3. The molecule has 0 aliphatic carbocycles. The van der Waals surface area contributed by atoms with Crippen molar-refractivity contribution in [1.29, 1.82) is 0 Å². The van der Waals surface area contributed by atoms with Crippen molar-refractivity contribution in [3.8, 4) is 0 Å². The van der Waals surface area contributed by atoms with E-state index in [1.807, 2.05) is 10.8 Å². The molecule has 0 atom stereocenters. The first-order valence-corrected chi connectivity index (χ1v) is 14.1. The number of amides is 1. The standard InChI is InChI=1S/C18H28BrN5O3Si/c1-28(2,3)9-8-27-12-24-11-14(19)16-17(24)20-10-15(22-16)21-13-4-6-23(7-5-13)18(25)26/h10-11,13H,4-9,12H2,1-3H3,(H,21,22)(H,25,26). The van der Waals surface area contributed by atoms with Gasteiger partial charge in [-0.15, -0.1) is 0 Å². The van der Waals surface area contributed by atoms with E-state index in [1.165, 1.54) is 4.90 Å². The van der Waals surface area contributed by atoms with Crippen LogP contribution in [0.3, 0.4) is 0 Å². The zero-order chi connectivity index (χ0) is 20.3. The summed E-state index contributed by atoms with van der Waals surface area (Å²) >= 11 is 3.57. The van der Waals surface area contributed by atoms with Gasteiger partial charge in [0.15, 0.2) is 5.65 Å². The van der Waals surface area contributed by atoms with Crippen LogP contribution in [0.5, 0.6) is 0 Å². The monoisotopic (exact) mass is 469 g/mol. The maximum Gasteiger partial charge on any atom is 0.407 e. The Hall–Kier alpha value is -1.65. The number of piperidine rings is 1. The molecule has 1 fully saturated rings. The number of carbonyl (C=O) groups is 1. The summed E-state index contributed by atoms with van der Waals surface area (Å²) in [5.41, 5.74) is 1.58. The van der Waals surface area contributed by atoms with Crippen molar-refractivity contribution in [1.82, 2.24) is 19.4 Å². The summed E-state index contributed by atoms with van der Waals surface area (Å²) in [5.74, 6) is 0.708. The maximum absolute atomic E-state index is 11.0. The van der Waals surface area contributed by atoms with Crippen LogP contribution in [0.25, 0.3) is 11.2 Å². The van der Waals surface area contributed by atoms with Gasteiger partial charge in [-0.25, -0.2) is 14.8 Å². The Morgan fingerprint density at radius 1 is 1.39 bits per heavy atom. The highest BCUT2D eigenvalue weighted by Crippen LogP contribution is 2.25. The second-order valence-corrected chi connectivity index (χ2v) is 14.9. The maximum atomic E-state index is 11.0. The molecular weight excluding hydrogens is 442 g/mol. The topological polar surface area (TPSA) is 92.5 Å². The zero-order valence-corrected chi connectivity index (χ0v) is 19.2. The van der Waals surface area contributed by atoms with E-state index in [1.54, 1.807) is 6.20 Å². The van der Waals surface area contributed by atoms with Crippen LogP contribution in [0.2, 0.25) is 25.7 Å². The Labute approximate surface area is 174 Å². The van der Waals surface area contributed by atoms with Gasteiger partial charge in [-0.1, -0.05) is 19.6 Å². The number of likely N-dealkylation sites (tertiary alicyclic amines) is 1. The molecule has 2 aromatic rings. The summed E-state index contributed by atoms with van der Waals surface area (Å²) in [6, 6.07) is 1.33. The summed E-state index contributed by atoms with van der Waals surface area (Å²) in [6.45, 7) is 9.31. The lowest BCUT2D eigenvalue weighted by atomic mass is 10.1. The van der Waals surface area contributed by atoms with Crippen LogP contribution in [0.4, 0.5) is 10.6 Å². The third kappa shape index (κ3) is 5.45. The molecule has 8 nitrogen and oxygen atoms in total. The minimum atomic E-state index is -1.10. The van der Waals surface area contributed by atoms with Crippen molar-refractivity contribution in [2.45, 2.75) is 51.3 Å². The molecule has 0 unspecified atom stereocenters. The van der Waals surface area contributed by atoms with E-state index in [2.05, 4.69) is 45.9 Å². The van der Waals surface area contributed by atoms with Gasteiger partial charge in [-0.3, -0.25) is 0 Å². The average molecular weight is 470 g/mol. The van der Waals surface area contributed by atoms with E-state index < -0.39 is 14.2 Å². The van der Waals surface area contributed by atoms with Gasteiger partial charge in [0.2, 0.25) is 0 Å². The smallest absolute Gasteiger partial charge is 0.407 e. The normalized spacial score (nSPS) is 15.9. The van der Waals surface area contributed by atoms with E-state index in [-0.39, 0.29) is 6.04 Å². The molecule has 0 saturated carbocycles. The summed E-state index contributed by atoms with van der Waals surface area (Å²) < 4.78 is 8.69. The van der Waals surface area contributed by atoms with Crippen molar-refractivity contribution in [2.75, 3.05) is 25.0 Å². The molecule has 154 valence electrons. The van der Waals surface area contributed by atoms with E-state index in [9.17, 15) is 4.79 Å². The van der Waals surface area contributed by atoms with Crippen LogP contribution < -0.4 is 5.32 Å². The average Bonchev–Trinajstić information content (AvgIpc) is 2.94. The largest absolute Gasteiger partial charge is 0.465 e. The molecule has 0 aromatic carbocycles. The van der Waals surface area contributed by atoms with Crippen molar-refractivity contribution >= 4 is 47.1 Å². The molecule has 28 heavy (non-hydrogen) atoms. The molecule has 0 spiro atoms. The predicted molar refractivity (Wildman–Crippen MR) is 116 cm³/mol. The first kappa shape index (κ1) is 21.1. The first-order chi connectivity index (χ1) is 13.2.